The molecule has 5 heteroatoms. The number of fused-ring (bicyclic) bond motifs is 1. The summed E-state index contributed by atoms with van der Waals surface area (Å²) < 4.78 is 5.85. The third-order valence-electron chi connectivity index (χ3n) is 5.65. The molecule has 0 bridgehead atoms. The number of halogens is 1. The highest BCUT2D eigenvalue weighted by Gasteiger charge is 2.38. The van der Waals surface area contributed by atoms with Crippen LogP contribution in [0, 0.1) is 0 Å². The molecule has 1 aliphatic heterocycles. The van der Waals surface area contributed by atoms with Gasteiger partial charge in [-0.25, -0.2) is 0 Å². The topological polar surface area (TPSA) is 45.5 Å². The van der Waals surface area contributed by atoms with Crippen molar-refractivity contribution in [2.75, 3.05) is 10.2 Å². The Morgan fingerprint density at radius 1 is 1.03 bits per heavy atom. The Labute approximate surface area is 174 Å². The maximum atomic E-state index is 13.1. The summed E-state index contributed by atoms with van der Waals surface area (Å²) in [4.78, 5) is 15.3. The fraction of sp³-hybridized carbons (Fsp3) is 0.208. The highest BCUT2D eigenvalue weighted by Crippen LogP contribution is 2.45. The number of allylic oxidation sites excluding steroid dienone is 1. The number of carbonyl (C=O) groups is 1. The Bertz CT molecular complexity index is 1090. The van der Waals surface area contributed by atoms with E-state index in [0.717, 1.165) is 46.8 Å². The van der Waals surface area contributed by atoms with Crippen molar-refractivity contribution in [1.82, 2.24) is 0 Å². The van der Waals surface area contributed by atoms with Crippen LogP contribution in [0.3, 0.4) is 0 Å². The van der Waals surface area contributed by atoms with Crippen LogP contribution in [-0.2, 0) is 11.3 Å². The first-order valence-electron chi connectivity index (χ1n) is 9.88. The van der Waals surface area contributed by atoms with Gasteiger partial charge in [-0.1, -0.05) is 41.9 Å². The molecule has 0 spiro atoms. The van der Waals surface area contributed by atoms with Crippen molar-refractivity contribution in [2.45, 2.75) is 31.8 Å². The minimum absolute atomic E-state index is 0.178. The van der Waals surface area contributed by atoms with Gasteiger partial charge in [0.15, 0.2) is 5.78 Å². The van der Waals surface area contributed by atoms with Gasteiger partial charge in [0.1, 0.15) is 11.8 Å². The molecule has 1 aromatic heterocycles. The quantitative estimate of drug-likeness (QED) is 0.571. The average Bonchev–Trinajstić information content (AvgIpc) is 3.21. The first kappa shape index (κ1) is 18.1. The van der Waals surface area contributed by atoms with Gasteiger partial charge >= 0.3 is 0 Å². The Morgan fingerprint density at radius 2 is 1.86 bits per heavy atom. The van der Waals surface area contributed by atoms with Crippen LogP contribution < -0.4 is 10.2 Å². The molecule has 29 heavy (non-hydrogen) atoms. The van der Waals surface area contributed by atoms with E-state index < -0.39 is 0 Å². The maximum absolute atomic E-state index is 13.1. The number of nitrogens with zero attached hydrogens (tertiary/aromatic N) is 1. The fourth-order valence-corrected chi connectivity index (χ4v) is 4.52. The lowest BCUT2D eigenvalue weighted by atomic mass is 9.88. The van der Waals surface area contributed by atoms with Gasteiger partial charge in [0, 0.05) is 29.3 Å². The number of anilines is 2. The van der Waals surface area contributed by atoms with E-state index in [-0.39, 0.29) is 11.8 Å². The van der Waals surface area contributed by atoms with Crippen LogP contribution in [-0.4, -0.2) is 5.78 Å². The molecule has 0 fully saturated rings. The van der Waals surface area contributed by atoms with Gasteiger partial charge in [-0.15, -0.1) is 0 Å². The number of furan rings is 1. The maximum Gasteiger partial charge on any atom is 0.163 e. The van der Waals surface area contributed by atoms with Crippen molar-refractivity contribution in [2.24, 2.45) is 0 Å². The van der Waals surface area contributed by atoms with Gasteiger partial charge in [-0.2, -0.15) is 0 Å². The van der Waals surface area contributed by atoms with Crippen molar-refractivity contribution < 1.29 is 9.21 Å². The lowest BCUT2D eigenvalue weighted by Crippen LogP contribution is -2.32. The summed E-state index contributed by atoms with van der Waals surface area (Å²) >= 11 is 6.51. The molecule has 0 saturated carbocycles. The minimum Gasteiger partial charge on any atom is -0.467 e. The monoisotopic (exact) mass is 404 g/mol. The summed E-state index contributed by atoms with van der Waals surface area (Å²) in [6.45, 7) is 0.563. The average molecular weight is 405 g/mol. The summed E-state index contributed by atoms with van der Waals surface area (Å²) in [5, 5.41) is 4.27. The predicted octanol–water partition coefficient (Wildman–Crippen LogP) is 6.11. The second-order valence-corrected chi connectivity index (χ2v) is 7.86. The molecule has 2 aliphatic rings. The molecular formula is C24H21ClN2O2. The number of carbonyl (C=O) groups excluding carboxylic acids is 1. The second kappa shape index (κ2) is 7.45. The molecule has 0 amide bonds. The van der Waals surface area contributed by atoms with E-state index in [2.05, 4.69) is 22.3 Å². The molecule has 4 nitrogen and oxygen atoms in total. The molecule has 2 heterocycles. The molecule has 5 rings (SSSR count). The molecule has 3 aromatic rings. The van der Waals surface area contributed by atoms with Gasteiger partial charge < -0.3 is 14.6 Å². The van der Waals surface area contributed by atoms with Crippen molar-refractivity contribution in [1.29, 1.82) is 0 Å². The zero-order chi connectivity index (χ0) is 19.8. The van der Waals surface area contributed by atoms with Crippen molar-refractivity contribution >= 4 is 28.8 Å². The van der Waals surface area contributed by atoms with E-state index in [1.807, 2.05) is 48.5 Å². The number of rotatable bonds is 3. The van der Waals surface area contributed by atoms with Gasteiger partial charge in [0.25, 0.3) is 0 Å². The first-order valence-corrected chi connectivity index (χ1v) is 10.3. The Hall–Kier alpha value is -2.98. The van der Waals surface area contributed by atoms with Gasteiger partial charge in [-0.3, -0.25) is 4.79 Å². The lowest BCUT2D eigenvalue weighted by molar-refractivity contribution is -0.116. The predicted molar refractivity (Wildman–Crippen MR) is 115 cm³/mol. The summed E-state index contributed by atoms with van der Waals surface area (Å²) in [7, 11) is 0. The van der Waals surface area contributed by atoms with Crippen LogP contribution in [0.4, 0.5) is 11.4 Å². The Morgan fingerprint density at radius 3 is 2.69 bits per heavy atom. The van der Waals surface area contributed by atoms with E-state index in [1.54, 1.807) is 6.26 Å². The van der Waals surface area contributed by atoms with Crippen LogP contribution in [0.1, 0.15) is 36.6 Å². The fourth-order valence-electron chi connectivity index (χ4n) is 4.33. The van der Waals surface area contributed by atoms with Crippen molar-refractivity contribution in [3.63, 3.8) is 0 Å². The number of hydrogen-bond acceptors (Lipinski definition) is 4. The normalized spacial score (nSPS) is 18.7. The number of Topliss-reactive ketones (excluding diaryl/α,β-unsaturated/α-hetero) is 1. The zero-order valence-corrected chi connectivity index (χ0v) is 16.7. The summed E-state index contributed by atoms with van der Waals surface area (Å²) in [5.74, 6) is 0.940. The SMILES string of the molecule is O=C1CCCC2=C1[C@H](c1ccco1)N(Cc1ccccc1Cl)c1ccccc1N2. The molecule has 0 unspecified atom stereocenters. The molecule has 2 aromatic carbocycles. The van der Waals surface area contributed by atoms with Gasteiger partial charge in [-0.05, 0) is 48.7 Å². The number of nitrogens with one attached hydrogen (secondary N) is 1. The van der Waals surface area contributed by atoms with Crippen LogP contribution >= 0.6 is 11.6 Å². The molecule has 0 saturated heterocycles. The Kier molecular flexibility index (Phi) is 4.64. The highest BCUT2D eigenvalue weighted by atomic mass is 35.5. The lowest BCUT2D eigenvalue weighted by Gasteiger charge is -2.34. The summed E-state index contributed by atoms with van der Waals surface area (Å²) in [5.41, 5.74) is 4.82. The van der Waals surface area contributed by atoms with E-state index in [0.29, 0.717) is 18.0 Å². The van der Waals surface area contributed by atoms with Crippen molar-refractivity contribution in [3.8, 4) is 0 Å². The standard InChI is InChI=1S/C24H21ClN2O2/c25-17-8-2-1-7-16(17)15-27-20-11-4-3-9-18(20)26-19-10-5-12-21(28)23(19)24(27)22-13-6-14-29-22/h1-4,6-9,11,13-14,24,26H,5,10,12,15H2/t24-/m0/s1. The molecule has 0 radical (unpaired) electrons. The van der Waals surface area contributed by atoms with E-state index in [4.69, 9.17) is 16.0 Å². The number of para-hydroxylation sites is 2. The number of benzene rings is 2. The first-order chi connectivity index (χ1) is 14.2. The minimum atomic E-state index is -0.305. The summed E-state index contributed by atoms with van der Waals surface area (Å²) in [6, 6.07) is 19.5. The molecular weight excluding hydrogens is 384 g/mol. The zero-order valence-electron chi connectivity index (χ0n) is 15.9. The largest absolute Gasteiger partial charge is 0.467 e. The number of ketones is 1. The van der Waals surface area contributed by atoms with Gasteiger partial charge in [0.2, 0.25) is 0 Å². The van der Waals surface area contributed by atoms with Crippen LogP contribution in [0.2, 0.25) is 5.02 Å². The third-order valence-corrected chi connectivity index (χ3v) is 6.02. The molecule has 146 valence electrons. The van der Waals surface area contributed by atoms with Crippen LogP contribution in [0.25, 0.3) is 0 Å². The highest BCUT2D eigenvalue weighted by molar-refractivity contribution is 6.31. The second-order valence-electron chi connectivity index (χ2n) is 7.45. The van der Waals surface area contributed by atoms with Crippen LogP contribution in [0.5, 0.6) is 0 Å². The Balaban J connectivity index is 1.73. The van der Waals surface area contributed by atoms with Gasteiger partial charge in [0.05, 0.1) is 17.6 Å². The summed E-state index contributed by atoms with van der Waals surface area (Å²) in [6.07, 6.45) is 3.95. The molecule has 1 aliphatic carbocycles. The van der Waals surface area contributed by atoms with E-state index in [1.165, 1.54) is 0 Å². The van der Waals surface area contributed by atoms with E-state index >= 15 is 0 Å². The van der Waals surface area contributed by atoms with E-state index in [9.17, 15) is 4.79 Å². The van der Waals surface area contributed by atoms with Crippen molar-refractivity contribution in [3.05, 3.63) is 94.5 Å². The molecule has 1 atom stereocenters. The third kappa shape index (κ3) is 3.23. The smallest absolute Gasteiger partial charge is 0.163 e. The van der Waals surface area contributed by atoms with Crippen LogP contribution in [0.15, 0.2) is 82.6 Å². The number of hydrogen-bond donors (Lipinski definition) is 1. The molecule has 1 N–H and O–H groups in total.